The predicted molar refractivity (Wildman–Crippen MR) is 133 cm³/mol. The summed E-state index contributed by atoms with van der Waals surface area (Å²) in [6.45, 7) is 22.4. The Hall–Kier alpha value is -1.70. The second-order valence-electron chi connectivity index (χ2n) is 10.9. The Morgan fingerprint density at radius 1 is 0.667 bits per heavy atom. The summed E-state index contributed by atoms with van der Waals surface area (Å²) in [5.41, 5.74) is 9.50. The fraction of sp³-hybridized carbons (Fsp3) is 0.538. The second-order valence-corrected chi connectivity index (χ2v) is 12.5. The highest BCUT2D eigenvalue weighted by atomic mass is 31.1. The number of aryl methyl sites for hydroxylation is 4. The summed E-state index contributed by atoms with van der Waals surface area (Å²) < 4.78 is 15.5. The van der Waals surface area contributed by atoms with E-state index in [4.69, 9.17) is 8.39 Å². The van der Waals surface area contributed by atoms with Gasteiger partial charge < -0.3 is 8.39 Å². The number of benzene rings is 2. The molecule has 30 heavy (non-hydrogen) atoms. The van der Waals surface area contributed by atoms with E-state index in [1.54, 1.807) is 0 Å². The van der Waals surface area contributed by atoms with E-state index in [0.717, 1.165) is 11.2 Å². The molecule has 0 N–H and O–H groups in total. The quantitative estimate of drug-likeness (QED) is 0.391. The smallest absolute Gasteiger partial charge is 0.309 e. The van der Waals surface area contributed by atoms with E-state index >= 15 is 0 Å². The first-order chi connectivity index (χ1) is 13.6. The van der Waals surface area contributed by atoms with Crippen LogP contribution in [0.5, 0.6) is 0 Å². The summed E-state index contributed by atoms with van der Waals surface area (Å²) in [6, 6.07) is 4.61. The maximum Gasteiger partial charge on any atom is 0.309 e. The summed E-state index contributed by atoms with van der Waals surface area (Å²) >= 11 is 0. The van der Waals surface area contributed by atoms with Gasteiger partial charge in [0.15, 0.2) is 0 Å². The summed E-state index contributed by atoms with van der Waals surface area (Å²) in [4.78, 5) is 0. The van der Waals surface area contributed by atoms with Gasteiger partial charge in [-0.3, -0.25) is 0 Å². The van der Waals surface area contributed by atoms with E-state index in [0.29, 0.717) is 0 Å². The van der Waals surface area contributed by atoms with Gasteiger partial charge in [-0.1, -0.05) is 53.7 Å². The normalized spacial score (nSPS) is 13.0. The Labute approximate surface area is 183 Å². The van der Waals surface area contributed by atoms with Crippen LogP contribution < -0.4 is 4.67 Å². The number of fused-ring (bicyclic) bond motifs is 3. The molecule has 0 aliphatic heterocycles. The molecule has 0 saturated heterocycles. The highest BCUT2D eigenvalue weighted by molar-refractivity contribution is 7.38. The Balaban J connectivity index is 2.84. The van der Waals surface area contributed by atoms with E-state index in [1.165, 1.54) is 44.2 Å². The van der Waals surface area contributed by atoms with Crippen LogP contribution >= 0.6 is 8.16 Å². The number of nitrogens with zero attached hydrogens (tertiary/aromatic N) is 1. The zero-order chi connectivity index (χ0) is 22.8. The van der Waals surface area contributed by atoms with Gasteiger partial charge in [-0.2, -0.15) is 0 Å². The molecule has 0 fully saturated rings. The minimum Gasteiger partial charge on any atom is -0.407 e. The molecule has 3 rings (SSSR count). The van der Waals surface area contributed by atoms with Gasteiger partial charge in [0, 0.05) is 36.0 Å². The van der Waals surface area contributed by atoms with Crippen molar-refractivity contribution in [2.75, 3.05) is 18.8 Å². The first kappa shape index (κ1) is 23.0. The summed E-state index contributed by atoms with van der Waals surface area (Å²) in [7, 11) is 2.80. The second kappa shape index (κ2) is 7.46. The molecule has 3 aromatic rings. The molecule has 1 aromatic heterocycles. The van der Waals surface area contributed by atoms with Gasteiger partial charge in [0.1, 0.15) is 11.2 Å². The van der Waals surface area contributed by atoms with Gasteiger partial charge >= 0.3 is 8.16 Å². The maximum atomic E-state index is 6.73. The Bertz CT molecular complexity index is 1080. The van der Waals surface area contributed by atoms with Crippen LogP contribution in [0.25, 0.3) is 21.9 Å². The number of rotatable bonds is 1. The van der Waals surface area contributed by atoms with Crippen molar-refractivity contribution in [2.45, 2.75) is 80.1 Å². The summed E-state index contributed by atoms with van der Waals surface area (Å²) in [5.74, 6) is 0. The molecule has 4 heteroatoms. The lowest BCUT2D eigenvalue weighted by atomic mass is 9.81. The van der Waals surface area contributed by atoms with E-state index in [9.17, 15) is 0 Å². The van der Waals surface area contributed by atoms with Crippen LogP contribution in [0.3, 0.4) is 0 Å². The molecule has 0 aliphatic carbocycles. The molecule has 0 bridgehead atoms. The summed E-state index contributed by atoms with van der Waals surface area (Å²) in [5, 5.41) is 2.40. The van der Waals surface area contributed by atoms with E-state index in [1.807, 2.05) is 14.1 Å². The van der Waals surface area contributed by atoms with Crippen LogP contribution in [-0.4, -0.2) is 14.1 Å². The number of hydrogen-bond acceptors (Lipinski definition) is 3. The van der Waals surface area contributed by atoms with Gasteiger partial charge in [0.25, 0.3) is 0 Å². The van der Waals surface area contributed by atoms with Crippen LogP contribution in [0.2, 0.25) is 0 Å². The topological polar surface area (TPSA) is 29.5 Å². The van der Waals surface area contributed by atoms with Crippen molar-refractivity contribution in [3.63, 3.8) is 0 Å². The van der Waals surface area contributed by atoms with Crippen molar-refractivity contribution >= 4 is 30.1 Å². The lowest BCUT2D eigenvalue weighted by Crippen LogP contribution is -2.13. The van der Waals surface area contributed by atoms with Gasteiger partial charge in [-0.05, 0) is 60.8 Å². The molecule has 164 valence electrons. The van der Waals surface area contributed by atoms with Gasteiger partial charge in [-0.15, -0.1) is 0 Å². The van der Waals surface area contributed by atoms with E-state index in [2.05, 4.69) is 86.0 Å². The Kier molecular flexibility index (Phi) is 5.72. The predicted octanol–water partition coefficient (Wildman–Crippen LogP) is 8.32. The molecule has 0 radical (unpaired) electrons. The molecule has 1 heterocycles. The van der Waals surface area contributed by atoms with E-state index in [-0.39, 0.29) is 10.8 Å². The molecular formula is C26H38NO2P. The van der Waals surface area contributed by atoms with Crippen molar-refractivity contribution in [3.8, 4) is 0 Å². The molecule has 0 amide bonds. The zero-order valence-corrected chi connectivity index (χ0v) is 21.8. The third-order valence-corrected chi connectivity index (χ3v) is 7.46. The highest BCUT2D eigenvalue weighted by Crippen LogP contribution is 2.45. The van der Waals surface area contributed by atoms with Crippen LogP contribution in [0.15, 0.2) is 20.5 Å². The molecular weight excluding hydrogens is 389 g/mol. The van der Waals surface area contributed by atoms with Crippen molar-refractivity contribution < 1.29 is 8.39 Å². The average Bonchev–Trinajstić information content (AvgIpc) is 2.77. The minimum absolute atomic E-state index is 0.0368. The fourth-order valence-electron chi connectivity index (χ4n) is 4.03. The summed E-state index contributed by atoms with van der Waals surface area (Å²) in [6.07, 6.45) is 0. The van der Waals surface area contributed by atoms with Crippen LogP contribution in [0.4, 0.5) is 0 Å². The third-order valence-electron chi connectivity index (χ3n) is 6.13. The number of hydrogen-bond donors (Lipinski definition) is 0. The van der Waals surface area contributed by atoms with Crippen molar-refractivity contribution in [2.24, 2.45) is 0 Å². The zero-order valence-electron chi connectivity index (χ0n) is 20.9. The largest absolute Gasteiger partial charge is 0.407 e. The Morgan fingerprint density at radius 2 is 1.00 bits per heavy atom. The first-order valence-electron chi connectivity index (χ1n) is 10.8. The standard InChI is InChI=1S/C26H38NO2P/c1-15-13-19(25(5,6)7)23-21(17(15)3)22-18(4)16(2)14-20(26(8,9)10)24(22)29-30(28-23)27(11)12/h13-14H,1-12H3. The molecule has 0 unspecified atom stereocenters. The molecule has 3 nitrogen and oxygen atoms in total. The van der Waals surface area contributed by atoms with Crippen LogP contribution in [0.1, 0.15) is 74.9 Å². The van der Waals surface area contributed by atoms with Crippen LogP contribution in [0, 0.1) is 27.7 Å². The van der Waals surface area contributed by atoms with Crippen molar-refractivity contribution in [1.82, 2.24) is 0 Å². The van der Waals surface area contributed by atoms with Gasteiger partial charge in [0.2, 0.25) is 0 Å². The lowest BCUT2D eigenvalue weighted by molar-refractivity contribution is 0.564. The molecule has 0 aliphatic rings. The highest BCUT2D eigenvalue weighted by Gasteiger charge is 2.27. The first-order valence-corrected chi connectivity index (χ1v) is 11.9. The molecule has 0 spiro atoms. The molecule has 0 saturated carbocycles. The lowest BCUT2D eigenvalue weighted by Gasteiger charge is -2.23. The fourth-order valence-corrected chi connectivity index (χ4v) is 5.08. The monoisotopic (exact) mass is 427 g/mol. The molecule has 2 aromatic carbocycles. The van der Waals surface area contributed by atoms with Crippen LogP contribution in [-0.2, 0) is 10.8 Å². The third kappa shape index (κ3) is 3.83. The van der Waals surface area contributed by atoms with E-state index < -0.39 is 8.16 Å². The maximum absolute atomic E-state index is 6.73. The minimum atomic E-state index is -1.27. The van der Waals surface area contributed by atoms with Gasteiger partial charge in [0.05, 0.1) is 0 Å². The van der Waals surface area contributed by atoms with Crippen molar-refractivity contribution in [3.05, 3.63) is 45.5 Å². The SMILES string of the molecule is Cc1cc(C(C)(C)C)c2op(N(C)C)oc3c(C(C)(C)C)cc(C)c(C)c3c2c1C. The van der Waals surface area contributed by atoms with Crippen molar-refractivity contribution in [1.29, 1.82) is 0 Å². The Morgan fingerprint density at radius 3 is 1.27 bits per heavy atom. The molecule has 0 atom stereocenters. The van der Waals surface area contributed by atoms with Gasteiger partial charge in [-0.25, -0.2) is 4.67 Å². The average molecular weight is 428 g/mol.